The zero-order chi connectivity index (χ0) is 21.6. The highest BCUT2D eigenvalue weighted by Crippen LogP contribution is 2.25. The zero-order valence-electron chi connectivity index (χ0n) is 17.2. The van der Waals surface area contributed by atoms with E-state index in [4.69, 9.17) is 16.6 Å². The normalized spacial score (nSPS) is 17.2. The van der Waals surface area contributed by atoms with Gasteiger partial charge in [0.1, 0.15) is 5.02 Å². The molecule has 3 heterocycles. The Balaban J connectivity index is 1.55. The Bertz CT molecular complexity index is 922. The SMILES string of the molecule is O=[N+]([O-])c1cc(/C=N/Nc2nc(N3CCCCC3)nc(N3CCCCC3)n2)ccc1Cl. The van der Waals surface area contributed by atoms with Gasteiger partial charge in [0.05, 0.1) is 11.1 Å². The summed E-state index contributed by atoms with van der Waals surface area (Å²) in [6, 6.07) is 4.51. The molecule has 1 N–H and O–H groups in total. The summed E-state index contributed by atoms with van der Waals surface area (Å²) in [7, 11) is 0. The van der Waals surface area contributed by atoms with Crippen LogP contribution in [-0.2, 0) is 0 Å². The van der Waals surface area contributed by atoms with Gasteiger partial charge in [0.25, 0.3) is 5.69 Å². The molecule has 0 spiro atoms. The number of hydrazone groups is 1. The molecule has 2 aliphatic heterocycles. The van der Waals surface area contributed by atoms with Crippen LogP contribution in [-0.4, -0.2) is 52.3 Å². The Morgan fingerprint density at radius 2 is 1.55 bits per heavy atom. The number of anilines is 3. The predicted molar refractivity (Wildman–Crippen MR) is 121 cm³/mol. The Labute approximate surface area is 185 Å². The number of nitro benzene ring substituents is 1. The molecule has 0 amide bonds. The van der Waals surface area contributed by atoms with E-state index in [1.807, 2.05) is 0 Å². The molecule has 2 aliphatic rings. The smallest absolute Gasteiger partial charge is 0.288 e. The summed E-state index contributed by atoms with van der Waals surface area (Å²) < 4.78 is 0. The van der Waals surface area contributed by atoms with Crippen LogP contribution in [0.3, 0.4) is 0 Å². The minimum absolute atomic E-state index is 0.0879. The van der Waals surface area contributed by atoms with Gasteiger partial charge in [0, 0.05) is 37.8 Å². The van der Waals surface area contributed by atoms with Crippen molar-refractivity contribution in [2.75, 3.05) is 41.4 Å². The van der Waals surface area contributed by atoms with E-state index in [-0.39, 0.29) is 10.7 Å². The summed E-state index contributed by atoms with van der Waals surface area (Å²) in [4.78, 5) is 28.8. The molecule has 0 atom stereocenters. The Morgan fingerprint density at radius 3 is 2.10 bits per heavy atom. The molecule has 1 aromatic carbocycles. The van der Waals surface area contributed by atoms with Crippen molar-refractivity contribution in [3.63, 3.8) is 0 Å². The number of nitro groups is 1. The number of rotatable bonds is 6. The van der Waals surface area contributed by atoms with E-state index in [0.717, 1.165) is 51.9 Å². The second-order valence-electron chi connectivity index (χ2n) is 7.69. The van der Waals surface area contributed by atoms with Crippen LogP contribution in [0.15, 0.2) is 23.3 Å². The monoisotopic (exact) mass is 444 g/mol. The Kier molecular flexibility index (Phi) is 6.76. The quantitative estimate of drug-likeness (QED) is 0.406. The fourth-order valence-corrected chi connectivity index (χ4v) is 3.98. The fourth-order valence-electron chi connectivity index (χ4n) is 3.79. The van der Waals surface area contributed by atoms with Crippen LogP contribution in [0.25, 0.3) is 0 Å². The molecule has 2 saturated heterocycles. The second kappa shape index (κ2) is 9.86. The summed E-state index contributed by atoms with van der Waals surface area (Å²) in [5, 5.41) is 15.3. The summed E-state index contributed by atoms with van der Waals surface area (Å²) in [6.45, 7) is 3.72. The molecule has 0 saturated carbocycles. The van der Waals surface area contributed by atoms with E-state index in [2.05, 4.69) is 30.3 Å². The maximum Gasteiger partial charge on any atom is 0.288 e. The van der Waals surface area contributed by atoms with Crippen molar-refractivity contribution >= 4 is 41.3 Å². The van der Waals surface area contributed by atoms with Crippen molar-refractivity contribution in [2.45, 2.75) is 38.5 Å². The van der Waals surface area contributed by atoms with Gasteiger partial charge in [-0.2, -0.15) is 20.1 Å². The predicted octanol–water partition coefficient (Wildman–Crippen LogP) is 3.86. The van der Waals surface area contributed by atoms with E-state index in [1.165, 1.54) is 31.2 Å². The van der Waals surface area contributed by atoms with Crippen molar-refractivity contribution < 1.29 is 4.92 Å². The molecule has 10 nitrogen and oxygen atoms in total. The zero-order valence-corrected chi connectivity index (χ0v) is 18.0. The van der Waals surface area contributed by atoms with Crippen LogP contribution in [0, 0.1) is 10.1 Å². The molecule has 31 heavy (non-hydrogen) atoms. The van der Waals surface area contributed by atoms with Crippen molar-refractivity contribution in [3.8, 4) is 0 Å². The molecule has 0 aliphatic carbocycles. The first-order valence-electron chi connectivity index (χ1n) is 10.6. The molecule has 2 aromatic rings. The number of hydrogen-bond acceptors (Lipinski definition) is 9. The molecule has 164 valence electrons. The molecular formula is C20H25ClN8O2. The van der Waals surface area contributed by atoms with Gasteiger partial charge in [-0.15, -0.1) is 0 Å². The lowest BCUT2D eigenvalue weighted by atomic mass is 10.1. The van der Waals surface area contributed by atoms with Crippen LogP contribution in [0.1, 0.15) is 44.1 Å². The standard InChI is InChI=1S/C20H25ClN8O2/c21-16-8-7-15(13-17(16)29(30)31)14-22-26-18-23-19(27-9-3-1-4-10-27)25-20(24-18)28-11-5-2-6-12-28/h7-8,13-14H,1-6,9-12H2,(H,23,24,25,26)/b22-14+. The molecular weight excluding hydrogens is 420 g/mol. The maximum absolute atomic E-state index is 11.1. The van der Waals surface area contributed by atoms with Crippen molar-refractivity contribution in [2.24, 2.45) is 5.10 Å². The summed E-state index contributed by atoms with van der Waals surface area (Å²) in [6.07, 6.45) is 8.44. The number of halogens is 1. The maximum atomic E-state index is 11.1. The molecule has 2 fully saturated rings. The molecule has 0 unspecified atom stereocenters. The highest BCUT2D eigenvalue weighted by Gasteiger charge is 2.20. The Hall–Kier alpha value is -3.01. The van der Waals surface area contributed by atoms with Crippen molar-refractivity contribution in [1.82, 2.24) is 15.0 Å². The molecule has 4 rings (SSSR count). The van der Waals surface area contributed by atoms with E-state index in [1.54, 1.807) is 6.07 Å². The number of benzene rings is 1. The van der Waals surface area contributed by atoms with Crippen LogP contribution in [0.2, 0.25) is 5.02 Å². The van der Waals surface area contributed by atoms with Gasteiger partial charge in [0.15, 0.2) is 0 Å². The van der Waals surface area contributed by atoms with Gasteiger partial charge in [-0.05, 0) is 44.6 Å². The van der Waals surface area contributed by atoms with Crippen LogP contribution in [0.4, 0.5) is 23.5 Å². The van der Waals surface area contributed by atoms with E-state index < -0.39 is 4.92 Å². The fraction of sp³-hybridized carbons (Fsp3) is 0.500. The van der Waals surface area contributed by atoms with Crippen LogP contribution >= 0.6 is 11.6 Å². The van der Waals surface area contributed by atoms with E-state index in [9.17, 15) is 10.1 Å². The third-order valence-electron chi connectivity index (χ3n) is 5.43. The van der Waals surface area contributed by atoms with Gasteiger partial charge in [-0.25, -0.2) is 5.43 Å². The molecule has 1 aromatic heterocycles. The van der Waals surface area contributed by atoms with Crippen LogP contribution in [0.5, 0.6) is 0 Å². The first-order valence-corrected chi connectivity index (χ1v) is 11.0. The van der Waals surface area contributed by atoms with Gasteiger partial charge < -0.3 is 9.80 Å². The Morgan fingerprint density at radius 1 is 0.968 bits per heavy atom. The number of nitrogens with one attached hydrogen (secondary N) is 1. The first-order chi connectivity index (χ1) is 15.1. The van der Waals surface area contributed by atoms with Crippen LogP contribution < -0.4 is 15.2 Å². The topological polar surface area (TPSA) is 113 Å². The van der Waals surface area contributed by atoms with Crippen molar-refractivity contribution in [1.29, 1.82) is 0 Å². The summed E-state index contributed by atoms with van der Waals surface area (Å²) >= 11 is 5.87. The lowest BCUT2D eigenvalue weighted by Crippen LogP contribution is -2.34. The van der Waals surface area contributed by atoms with Gasteiger partial charge in [-0.1, -0.05) is 17.7 Å². The minimum atomic E-state index is -0.519. The average molecular weight is 445 g/mol. The highest BCUT2D eigenvalue weighted by molar-refractivity contribution is 6.32. The number of piperidine rings is 2. The minimum Gasteiger partial charge on any atom is -0.341 e. The summed E-state index contributed by atoms with van der Waals surface area (Å²) in [5.74, 6) is 1.68. The largest absolute Gasteiger partial charge is 0.341 e. The van der Waals surface area contributed by atoms with Crippen molar-refractivity contribution in [3.05, 3.63) is 38.9 Å². The number of hydrogen-bond donors (Lipinski definition) is 1. The van der Waals surface area contributed by atoms with Gasteiger partial charge >= 0.3 is 0 Å². The third kappa shape index (κ3) is 5.38. The highest BCUT2D eigenvalue weighted by atomic mass is 35.5. The number of nitrogens with zero attached hydrogens (tertiary/aromatic N) is 7. The van der Waals surface area contributed by atoms with E-state index >= 15 is 0 Å². The third-order valence-corrected chi connectivity index (χ3v) is 5.75. The lowest BCUT2D eigenvalue weighted by molar-refractivity contribution is -0.384. The average Bonchev–Trinajstić information content (AvgIpc) is 2.81. The lowest BCUT2D eigenvalue weighted by Gasteiger charge is -2.30. The van der Waals surface area contributed by atoms with E-state index in [0.29, 0.717) is 23.4 Å². The number of aromatic nitrogens is 3. The van der Waals surface area contributed by atoms with Gasteiger partial charge in [0.2, 0.25) is 17.8 Å². The molecule has 11 heteroatoms. The molecule has 0 bridgehead atoms. The second-order valence-corrected chi connectivity index (χ2v) is 8.10. The first kappa shape index (κ1) is 21.2. The summed E-state index contributed by atoms with van der Waals surface area (Å²) in [5.41, 5.74) is 3.25. The van der Waals surface area contributed by atoms with Gasteiger partial charge in [-0.3, -0.25) is 10.1 Å². The molecule has 0 radical (unpaired) electrons.